The van der Waals surface area contributed by atoms with Gasteiger partial charge in [-0.2, -0.15) is 5.10 Å². The van der Waals surface area contributed by atoms with Gasteiger partial charge >= 0.3 is 0 Å². The van der Waals surface area contributed by atoms with E-state index in [0.29, 0.717) is 12.2 Å². The van der Waals surface area contributed by atoms with Crippen LogP contribution >= 0.6 is 15.9 Å². The van der Waals surface area contributed by atoms with Gasteiger partial charge in [-0.3, -0.25) is 4.68 Å². The molecular weight excluding hydrogens is 306 g/mol. The van der Waals surface area contributed by atoms with Gasteiger partial charge in [-0.05, 0) is 41.1 Å². The van der Waals surface area contributed by atoms with E-state index in [4.69, 9.17) is 0 Å². The van der Waals surface area contributed by atoms with Crippen molar-refractivity contribution >= 4 is 15.9 Å². The highest BCUT2D eigenvalue weighted by molar-refractivity contribution is 9.10. The molecule has 0 aliphatic heterocycles. The first kappa shape index (κ1) is 13.2. The summed E-state index contributed by atoms with van der Waals surface area (Å²) >= 11 is 2.97. The summed E-state index contributed by atoms with van der Waals surface area (Å²) in [5, 5.41) is 14.1. The number of aliphatic hydroxyl groups is 1. The number of nitrogens with zero attached hydrogens (tertiary/aromatic N) is 2. The van der Waals surface area contributed by atoms with Crippen LogP contribution in [-0.2, 0) is 6.54 Å². The van der Waals surface area contributed by atoms with E-state index in [1.807, 2.05) is 6.92 Å². The molecule has 3 nitrogen and oxygen atoms in total. The summed E-state index contributed by atoms with van der Waals surface area (Å²) in [5.74, 6) is -1.58. The fourth-order valence-electron chi connectivity index (χ4n) is 1.78. The van der Waals surface area contributed by atoms with Gasteiger partial charge in [0.2, 0.25) is 0 Å². The van der Waals surface area contributed by atoms with E-state index >= 15 is 0 Å². The molecule has 0 amide bonds. The Hall–Kier alpha value is -1.27. The van der Waals surface area contributed by atoms with Crippen molar-refractivity contribution in [3.63, 3.8) is 0 Å². The summed E-state index contributed by atoms with van der Waals surface area (Å²) in [6, 6.07) is 3.91. The van der Waals surface area contributed by atoms with Crippen molar-refractivity contribution in [1.82, 2.24) is 9.78 Å². The quantitative estimate of drug-likeness (QED) is 0.884. The third kappa shape index (κ3) is 2.18. The minimum Gasteiger partial charge on any atom is -0.382 e. The molecule has 1 N–H and O–H groups in total. The van der Waals surface area contributed by atoms with E-state index in [2.05, 4.69) is 21.0 Å². The Balaban J connectivity index is 2.52. The van der Waals surface area contributed by atoms with E-state index in [0.717, 1.165) is 6.07 Å². The lowest BCUT2D eigenvalue weighted by Crippen LogP contribution is -2.12. The molecule has 0 bridgehead atoms. The van der Waals surface area contributed by atoms with Gasteiger partial charge in [0.1, 0.15) is 17.7 Å². The summed E-state index contributed by atoms with van der Waals surface area (Å²) in [6.45, 7) is 2.34. The number of hydrogen-bond donors (Lipinski definition) is 1. The van der Waals surface area contributed by atoms with Crippen molar-refractivity contribution in [3.8, 4) is 0 Å². The van der Waals surface area contributed by atoms with Crippen molar-refractivity contribution in [2.75, 3.05) is 0 Å². The van der Waals surface area contributed by atoms with Crippen LogP contribution < -0.4 is 0 Å². The Bertz CT molecular complexity index is 571. The highest BCUT2D eigenvalue weighted by Crippen LogP contribution is 2.30. The number of aryl methyl sites for hydroxylation is 1. The lowest BCUT2D eigenvalue weighted by Gasteiger charge is -2.15. The standard InChI is InChI=1S/C12H11BrF2N2O/c1-2-17-9(5-6-16-17)12(18)10-8(14)4-3-7(13)11(10)15/h3-6,12,18H,2H2,1H3. The van der Waals surface area contributed by atoms with Crippen molar-refractivity contribution in [2.45, 2.75) is 19.6 Å². The van der Waals surface area contributed by atoms with E-state index in [1.54, 1.807) is 0 Å². The van der Waals surface area contributed by atoms with Crippen molar-refractivity contribution in [3.05, 3.63) is 51.8 Å². The highest BCUT2D eigenvalue weighted by Gasteiger charge is 2.23. The zero-order chi connectivity index (χ0) is 13.3. The second-order valence-electron chi connectivity index (χ2n) is 3.73. The third-order valence-electron chi connectivity index (χ3n) is 2.68. The lowest BCUT2D eigenvalue weighted by molar-refractivity contribution is 0.197. The molecule has 1 aromatic heterocycles. The van der Waals surface area contributed by atoms with E-state index in [1.165, 1.54) is 23.0 Å². The number of aliphatic hydroxyl groups excluding tert-OH is 1. The molecule has 2 aromatic rings. The van der Waals surface area contributed by atoms with Crippen molar-refractivity contribution < 1.29 is 13.9 Å². The Labute approximate surface area is 111 Å². The normalized spacial score (nSPS) is 12.7. The third-order valence-corrected chi connectivity index (χ3v) is 3.29. The zero-order valence-electron chi connectivity index (χ0n) is 9.57. The molecule has 2 rings (SSSR count). The predicted octanol–water partition coefficient (Wildman–Crippen LogP) is 3.03. The molecule has 1 aromatic carbocycles. The monoisotopic (exact) mass is 316 g/mol. The fraction of sp³-hybridized carbons (Fsp3) is 0.250. The van der Waals surface area contributed by atoms with Gasteiger partial charge in [0.05, 0.1) is 15.7 Å². The fourth-order valence-corrected chi connectivity index (χ4v) is 2.13. The van der Waals surface area contributed by atoms with Gasteiger partial charge in [0.15, 0.2) is 0 Å². The molecule has 6 heteroatoms. The van der Waals surface area contributed by atoms with Gasteiger partial charge in [0, 0.05) is 12.7 Å². The van der Waals surface area contributed by atoms with Gasteiger partial charge in [-0.1, -0.05) is 0 Å². The first-order valence-electron chi connectivity index (χ1n) is 5.39. The average Bonchev–Trinajstić information content (AvgIpc) is 2.82. The molecule has 0 aliphatic carbocycles. The van der Waals surface area contributed by atoms with E-state index in [-0.39, 0.29) is 10.0 Å². The summed E-state index contributed by atoms with van der Waals surface area (Å²) in [6.07, 6.45) is 0.0977. The van der Waals surface area contributed by atoms with Crippen molar-refractivity contribution in [1.29, 1.82) is 0 Å². The molecular formula is C12H11BrF2N2O. The molecule has 0 aliphatic rings. The van der Waals surface area contributed by atoms with Crippen LogP contribution in [0.1, 0.15) is 24.3 Å². The van der Waals surface area contributed by atoms with Gasteiger partial charge in [-0.15, -0.1) is 0 Å². The van der Waals surface area contributed by atoms with Crippen LogP contribution in [0.5, 0.6) is 0 Å². The number of benzene rings is 1. The van der Waals surface area contributed by atoms with Crippen LogP contribution in [0, 0.1) is 11.6 Å². The largest absolute Gasteiger partial charge is 0.382 e. The van der Waals surface area contributed by atoms with Gasteiger partial charge in [-0.25, -0.2) is 8.78 Å². The first-order valence-corrected chi connectivity index (χ1v) is 6.18. The molecule has 0 fully saturated rings. The van der Waals surface area contributed by atoms with E-state index in [9.17, 15) is 13.9 Å². The van der Waals surface area contributed by atoms with Crippen LogP contribution in [0.25, 0.3) is 0 Å². The molecule has 1 unspecified atom stereocenters. The molecule has 0 saturated heterocycles. The lowest BCUT2D eigenvalue weighted by atomic mass is 10.1. The van der Waals surface area contributed by atoms with E-state index < -0.39 is 17.7 Å². The van der Waals surface area contributed by atoms with Crippen LogP contribution in [0.4, 0.5) is 8.78 Å². The number of aromatic nitrogens is 2. The maximum atomic E-state index is 13.9. The Morgan fingerprint density at radius 3 is 2.78 bits per heavy atom. The summed E-state index contributed by atoms with van der Waals surface area (Å²) < 4.78 is 29.1. The topological polar surface area (TPSA) is 38.0 Å². The summed E-state index contributed by atoms with van der Waals surface area (Å²) in [7, 11) is 0. The summed E-state index contributed by atoms with van der Waals surface area (Å²) in [5.41, 5.74) is -0.0204. The second-order valence-corrected chi connectivity index (χ2v) is 4.59. The van der Waals surface area contributed by atoms with Crippen LogP contribution in [-0.4, -0.2) is 14.9 Å². The maximum absolute atomic E-state index is 13.9. The number of rotatable bonds is 3. The Kier molecular flexibility index (Phi) is 3.77. The molecule has 0 saturated carbocycles. The molecule has 0 radical (unpaired) electrons. The Morgan fingerprint density at radius 2 is 2.11 bits per heavy atom. The van der Waals surface area contributed by atoms with Crippen LogP contribution in [0.3, 0.4) is 0 Å². The molecule has 96 valence electrons. The first-order chi connectivity index (χ1) is 8.56. The number of halogens is 3. The van der Waals surface area contributed by atoms with Crippen LogP contribution in [0.2, 0.25) is 0 Å². The SMILES string of the molecule is CCn1nccc1C(O)c1c(F)ccc(Br)c1F. The predicted molar refractivity (Wildman–Crippen MR) is 66.0 cm³/mol. The average molecular weight is 317 g/mol. The minimum absolute atomic E-state index is 0.112. The number of hydrogen-bond acceptors (Lipinski definition) is 2. The Morgan fingerprint density at radius 1 is 1.39 bits per heavy atom. The maximum Gasteiger partial charge on any atom is 0.146 e. The molecule has 18 heavy (non-hydrogen) atoms. The zero-order valence-corrected chi connectivity index (χ0v) is 11.2. The van der Waals surface area contributed by atoms with Crippen molar-refractivity contribution in [2.24, 2.45) is 0 Å². The smallest absolute Gasteiger partial charge is 0.146 e. The summed E-state index contributed by atoms with van der Waals surface area (Å²) in [4.78, 5) is 0. The van der Waals surface area contributed by atoms with Gasteiger partial charge in [0.25, 0.3) is 0 Å². The molecule has 0 spiro atoms. The van der Waals surface area contributed by atoms with Gasteiger partial charge < -0.3 is 5.11 Å². The molecule has 1 heterocycles. The van der Waals surface area contributed by atoms with Crippen LogP contribution in [0.15, 0.2) is 28.9 Å². The molecule has 1 atom stereocenters. The second kappa shape index (κ2) is 5.16. The highest BCUT2D eigenvalue weighted by atomic mass is 79.9. The minimum atomic E-state index is -1.38.